The molecule has 0 saturated carbocycles. The third kappa shape index (κ3) is 7.92. The molecule has 9 heteroatoms. The molecule has 0 unspecified atom stereocenters. The van der Waals surface area contributed by atoms with Crippen LogP contribution >= 0.6 is 0 Å². The number of methoxy groups -OCH3 is 1. The number of fused-ring (bicyclic) bond motifs is 1. The fourth-order valence-electron chi connectivity index (χ4n) is 6.06. The fraction of sp³-hybridized carbons (Fsp3) is 0.300. The summed E-state index contributed by atoms with van der Waals surface area (Å²) in [6, 6.07) is 33.0. The summed E-state index contributed by atoms with van der Waals surface area (Å²) < 4.78 is 38.0. The van der Waals surface area contributed by atoms with Crippen molar-refractivity contribution in [2.75, 3.05) is 13.7 Å². The topological polar surface area (TPSA) is 92.8 Å². The standard InChI is InChI=1S/C40H41NO8/c1-4-27(2)48-40-35(41-38(42)32-17-11-12-18-33(32)39(41)43)37(47-24-29-15-9-6-10-16-29)36(46-25-30-19-21-31(44-3)22-20-30)34(49-40)26-45-23-28-13-7-5-8-14-28/h4-22,34-37,40H,23-26H2,1-3H3/b27-4+/t34-,35-,36-,37-,40-/m1/s1. The van der Waals surface area contributed by atoms with Gasteiger partial charge >= 0.3 is 0 Å². The highest BCUT2D eigenvalue weighted by Crippen LogP contribution is 2.37. The summed E-state index contributed by atoms with van der Waals surface area (Å²) in [7, 11) is 1.62. The van der Waals surface area contributed by atoms with Gasteiger partial charge in [-0.2, -0.15) is 0 Å². The Morgan fingerprint density at radius 3 is 1.82 bits per heavy atom. The lowest BCUT2D eigenvalue weighted by molar-refractivity contribution is -0.290. The lowest BCUT2D eigenvalue weighted by Crippen LogP contribution is -2.67. The van der Waals surface area contributed by atoms with Crippen molar-refractivity contribution >= 4 is 11.8 Å². The van der Waals surface area contributed by atoms with Crippen molar-refractivity contribution in [2.24, 2.45) is 0 Å². The summed E-state index contributed by atoms with van der Waals surface area (Å²) in [6.07, 6.45) is -1.61. The third-order valence-electron chi connectivity index (χ3n) is 8.73. The van der Waals surface area contributed by atoms with Crippen LogP contribution in [0.3, 0.4) is 0 Å². The first-order chi connectivity index (χ1) is 24.0. The molecule has 254 valence electrons. The molecular weight excluding hydrogens is 622 g/mol. The minimum Gasteiger partial charge on any atom is -0.497 e. The average molecular weight is 664 g/mol. The van der Waals surface area contributed by atoms with Crippen LogP contribution in [0.25, 0.3) is 0 Å². The predicted molar refractivity (Wildman–Crippen MR) is 183 cm³/mol. The Kier molecular flexibility index (Phi) is 11.2. The van der Waals surface area contributed by atoms with Gasteiger partial charge in [-0.1, -0.05) is 84.9 Å². The fourth-order valence-corrected chi connectivity index (χ4v) is 6.06. The number of amides is 2. The highest BCUT2D eigenvalue weighted by atomic mass is 16.7. The van der Waals surface area contributed by atoms with E-state index >= 15 is 0 Å². The van der Waals surface area contributed by atoms with Gasteiger partial charge in [0.25, 0.3) is 11.8 Å². The van der Waals surface area contributed by atoms with Crippen LogP contribution in [0.1, 0.15) is 51.3 Å². The number of benzene rings is 4. The first-order valence-electron chi connectivity index (χ1n) is 16.4. The van der Waals surface area contributed by atoms with Crippen LogP contribution in [0.5, 0.6) is 5.75 Å². The zero-order valence-corrected chi connectivity index (χ0v) is 27.9. The molecule has 5 atom stereocenters. The smallest absolute Gasteiger partial charge is 0.262 e. The number of rotatable bonds is 14. The van der Waals surface area contributed by atoms with Crippen molar-refractivity contribution < 1.29 is 38.0 Å². The molecule has 2 amide bonds. The zero-order valence-electron chi connectivity index (χ0n) is 27.9. The second kappa shape index (κ2) is 16.1. The van der Waals surface area contributed by atoms with E-state index in [2.05, 4.69) is 0 Å². The molecule has 0 aliphatic carbocycles. The lowest BCUT2D eigenvalue weighted by atomic mass is 9.94. The van der Waals surface area contributed by atoms with E-state index in [1.807, 2.05) is 91.9 Å². The van der Waals surface area contributed by atoms with Crippen molar-refractivity contribution in [3.63, 3.8) is 0 Å². The number of carbonyl (C=O) groups excluding carboxylic acids is 2. The largest absolute Gasteiger partial charge is 0.497 e. The van der Waals surface area contributed by atoms with E-state index in [1.165, 1.54) is 4.90 Å². The molecule has 0 aromatic heterocycles. The van der Waals surface area contributed by atoms with Crippen molar-refractivity contribution in [3.05, 3.63) is 149 Å². The van der Waals surface area contributed by atoms with Gasteiger partial charge in [-0.25, -0.2) is 0 Å². The van der Waals surface area contributed by atoms with Crippen LogP contribution in [0.15, 0.2) is 121 Å². The van der Waals surface area contributed by atoms with Gasteiger partial charge in [0.15, 0.2) is 0 Å². The molecular formula is C40H41NO8. The zero-order chi connectivity index (χ0) is 34.2. The maximum absolute atomic E-state index is 14.0. The summed E-state index contributed by atoms with van der Waals surface area (Å²) in [5.74, 6) is 0.407. The molecule has 9 nitrogen and oxygen atoms in total. The number of allylic oxidation sites excluding steroid dienone is 2. The van der Waals surface area contributed by atoms with Crippen LogP contribution in [0.2, 0.25) is 0 Å². The maximum Gasteiger partial charge on any atom is 0.262 e. The van der Waals surface area contributed by atoms with Gasteiger partial charge in [0, 0.05) is 0 Å². The van der Waals surface area contributed by atoms with Crippen molar-refractivity contribution in [1.29, 1.82) is 0 Å². The first kappa shape index (κ1) is 34.1. The third-order valence-corrected chi connectivity index (χ3v) is 8.73. The Bertz CT molecular complexity index is 1690. The molecule has 0 spiro atoms. The van der Waals surface area contributed by atoms with Crippen molar-refractivity contribution in [3.8, 4) is 5.75 Å². The van der Waals surface area contributed by atoms with E-state index in [0.29, 0.717) is 23.5 Å². The predicted octanol–water partition coefficient (Wildman–Crippen LogP) is 6.71. The monoisotopic (exact) mass is 663 g/mol. The highest BCUT2D eigenvalue weighted by molar-refractivity contribution is 6.21. The minimum atomic E-state index is -1.08. The molecule has 6 rings (SSSR count). The van der Waals surface area contributed by atoms with Crippen molar-refractivity contribution in [1.82, 2.24) is 4.90 Å². The SMILES string of the molecule is C/C=C(\C)O[C@@H]1O[C@H](COCc2ccccc2)[C@@H](OCc2ccc(OC)cc2)[C@H](OCc2ccccc2)[C@H]1N1C(=O)c2ccccc2C1=O. The Balaban J connectivity index is 1.38. The van der Waals surface area contributed by atoms with E-state index in [-0.39, 0.29) is 19.8 Å². The van der Waals surface area contributed by atoms with Gasteiger partial charge in [-0.3, -0.25) is 14.5 Å². The summed E-state index contributed by atoms with van der Waals surface area (Å²) >= 11 is 0. The molecule has 0 radical (unpaired) electrons. The van der Waals surface area contributed by atoms with E-state index in [1.54, 1.807) is 44.4 Å². The van der Waals surface area contributed by atoms with Crippen LogP contribution < -0.4 is 4.74 Å². The Labute approximate surface area is 287 Å². The van der Waals surface area contributed by atoms with Gasteiger partial charge in [0.05, 0.1) is 50.4 Å². The average Bonchev–Trinajstić information content (AvgIpc) is 3.39. The summed E-state index contributed by atoms with van der Waals surface area (Å²) in [4.78, 5) is 29.3. The summed E-state index contributed by atoms with van der Waals surface area (Å²) in [5.41, 5.74) is 3.46. The van der Waals surface area contributed by atoms with Crippen LogP contribution in [0.4, 0.5) is 0 Å². The van der Waals surface area contributed by atoms with Crippen LogP contribution in [-0.2, 0) is 43.5 Å². The maximum atomic E-state index is 14.0. The number of hydrogen-bond donors (Lipinski definition) is 0. The second-order valence-corrected chi connectivity index (χ2v) is 12.0. The molecule has 0 N–H and O–H groups in total. The van der Waals surface area contributed by atoms with Gasteiger partial charge in [-0.15, -0.1) is 0 Å². The molecule has 1 fully saturated rings. The number of nitrogens with zero attached hydrogens (tertiary/aromatic N) is 1. The Morgan fingerprint density at radius 1 is 0.714 bits per heavy atom. The van der Waals surface area contributed by atoms with E-state index < -0.39 is 42.5 Å². The molecule has 4 aromatic carbocycles. The molecule has 2 heterocycles. The number of hydrogen-bond acceptors (Lipinski definition) is 8. The number of carbonyl (C=O) groups is 2. The first-order valence-corrected chi connectivity index (χ1v) is 16.4. The molecule has 49 heavy (non-hydrogen) atoms. The highest BCUT2D eigenvalue weighted by Gasteiger charge is 2.56. The minimum absolute atomic E-state index is 0.136. The van der Waals surface area contributed by atoms with Crippen molar-refractivity contribution in [2.45, 2.75) is 64.3 Å². The van der Waals surface area contributed by atoms with Crippen LogP contribution in [0, 0.1) is 0 Å². The molecule has 1 saturated heterocycles. The second-order valence-electron chi connectivity index (χ2n) is 12.0. The molecule has 4 aromatic rings. The summed E-state index contributed by atoms with van der Waals surface area (Å²) in [5, 5.41) is 0. The van der Waals surface area contributed by atoms with Crippen LogP contribution in [-0.4, -0.2) is 61.1 Å². The molecule has 2 aliphatic rings. The van der Waals surface area contributed by atoms with E-state index in [4.69, 9.17) is 28.4 Å². The van der Waals surface area contributed by atoms with E-state index in [9.17, 15) is 9.59 Å². The number of ether oxygens (including phenoxy) is 6. The Hall–Kier alpha value is -4.80. The van der Waals surface area contributed by atoms with Gasteiger partial charge in [-0.05, 0) is 60.9 Å². The number of imide groups is 1. The lowest BCUT2D eigenvalue weighted by Gasteiger charge is -2.48. The molecule has 0 bridgehead atoms. The summed E-state index contributed by atoms with van der Waals surface area (Å²) in [6.45, 7) is 4.53. The normalized spacial score (nSPS) is 22.2. The quantitative estimate of drug-likeness (QED) is 0.109. The van der Waals surface area contributed by atoms with Gasteiger partial charge in [0.1, 0.15) is 30.1 Å². The molecule has 2 aliphatic heterocycles. The van der Waals surface area contributed by atoms with E-state index in [0.717, 1.165) is 22.4 Å². The van der Waals surface area contributed by atoms with Gasteiger partial charge < -0.3 is 28.4 Å². The van der Waals surface area contributed by atoms with Gasteiger partial charge in [0.2, 0.25) is 6.29 Å². The Morgan fingerprint density at radius 2 is 1.24 bits per heavy atom.